The SMILES string of the molecule is CC[C@@]12C=CCN(c3ccccc3)C(=O)[C@@H]1[C@H]1C(=O)N([C@H](C)CO)C3C(=O)N(Cc4ccccc4)CC=C[C@@]31O2. The molecule has 2 aromatic rings. The molecule has 4 heterocycles. The lowest BCUT2D eigenvalue weighted by Crippen LogP contribution is -2.58. The molecule has 0 bridgehead atoms. The van der Waals surface area contributed by atoms with Crippen LogP contribution in [-0.2, 0) is 25.7 Å². The van der Waals surface area contributed by atoms with Crippen LogP contribution in [0.2, 0.25) is 0 Å². The van der Waals surface area contributed by atoms with Crippen molar-refractivity contribution in [3.63, 3.8) is 0 Å². The van der Waals surface area contributed by atoms with Crippen LogP contribution in [0.15, 0.2) is 85.0 Å². The summed E-state index contributed by atoms with van der Waals surface area (Å²) in [6.45, 7) is 4.46. The first kappa shape index (κ1) is 26.5. The van der Waals surface area contributed by atoms with Crippen molar-refractivity contribution in [3.8, 4) is 0 Å². The number of carbonyl (C=O) groups is 3. The van der Waals surface area contributed by atoms with Crippen molar-refractivity contribution in [2.24, 2.45) is 11.8 Å². The van der Waals surface area contributed by atoms with Crippen LogP contribution in [0.3, 0.4) is 0 Å². The predicted molar refractivity (Wildman–Crippen MR) is 150 cm³/mol. The van der Waals surface area contributed by atoms with Crippen LogP contribution < -0.4 is 4.90 Å². The third kappa shape index (κ3) is 3.84. The number of rotatable bonds is 6. The van der Waals surface area contributed by atoms with E-state index >= 15 is 0 Å². The molecule has 2 aromatic carbocycles. The molecule has 1 spiro atoms. The Hall–Kier alpha value is -3.75. The first-order chi connectivity index (χ1) is 19.4. The van der Waals surface area contributed by atoms with E-state index in [0.717, 1.165) is 11.3 Å². The second-order valence-corrected chi connectivity index (χ2v) is 11.2. The van der Waals surface area contributed by atoms with Gasteiger partial charge in [0.15, 0.2) is 0 Å². The number of aliphatic hydroxyl groups is 1. The van der Waals surface area contributed by atoms with Crippen molar-refractivity contribution in [1.82, 2.24) is 9.80 Å². The molecule has 3 amide bonds. The van der Waals surface area contributed by atoms with E-state index in [1.807, 2.05) is 91.9 Å². The van der Waals surface area contributed by atoms with E-state index in [0.29, 0.717) is 26.1 Å². The average molecular weight is 542 g/mol. The highest BCUT2D eigenvalue weighted by Gasteiger charge is 2.75. The zero-order valence-electron chi connectivity index (χ0n) is 22.8. The highest BCUT2D eigenvalue weighted by Crippen LogP contribution is 2.59. The van der Waals surface area contributed by atoms with Gasteiger partial charge in [-0.2, -0.15) is 0 Å². The first-order valence-electron chi connectivity index (χ1n) is 14.0. The summed E-state index contributed by atoms with van der Waals surface area (Å²) < 4.78 is 6.98. The fraction of sp³-hybridized carbons (Fsp3) is 0.406. The lowest BCUT2D eigenvalue weighted by atomic mass is 9.73. The second kappa shape index (κ2) is 10.0. The van der Waals surface area contributed by atoms with Gasteiger partial charge in [-0.1, -0.05) is 79.8 Å². The summed E-state index contributed by atoms with van der Waals surface area (Å²) in [5.74, 6) is -2.52. The van der Waals surface area contributed by atoms with Crippen LogP contribution >= 0.6 is 0 Å². The standard InChI is InChI=1S/C32H35N3O5/c1-3-31-16-10-19-34(24-14-8-5-9-15-24)28(37)25(31)26-29(38)35(22(2)21-36)27-30(39)33(18-11-17-32(26,27)40-31)20-23-12-6-4-7-13-23/h4-17,22,25-27,36H,3,18-21H2,1-2H3/t22-,25+,26+,27?,31-,32+/m1/s1. The van der Waals surface area contributed by atoms with E-state index in [-0.39, 0.29) is 24.3 Å². The quantitative estimate of drug-likeness (QED) is 0.568. The number of benzene rings is 2. The molecule has 8 heteroatoms. The number of amides is 3. The minimum Gasteiger partial charge on any atom is -0.394 e. The predicted octanol–water partition coefficient (Wildman–Crippen LogP) is 2.93. The number of hydrogen-bond acceptors (Lipinski definition) is 5. The molecule has 4 aliphatic rings. The lowest BCUT2D eigenvalue weighted by Gasteiger charge is -2.40. The number of carbonyl (C=O) groups excluding carboxylic acids is 3. The summed E-state index contributed by atoms with van der Waals surface area (Å²) >= 11 is 0. The van der Waals surface area contributed by atoms with Crippen LogP contribution in [0.25, 0.3) is 0 Å². The van der Waals surface area contributed by atoms with E-state index in [2.05, 4.69) is 0 Å². The minimum atomic E-state index is -1.34. The zero-order chi connectivity index (χ0) is 28.1. The van der Waals surface area contributed by atoms with Crippen LogP contribution in [-0.4, -0.2) is 75.6 Å². The number of para-hydroxylation sites is 1. The molecule has 6 rings (SSSR count). The van der Waals surface area contributed by atoms with Gasteiger partial charge in [-0.05, 0) is 31.0 Å². The van der Waals surface area contributed by atoms with Crippen molar-refractivity contribution in [2.45, 2.75) is 50.1 Å². The molecule has 0 saturated carbocycles. The topological polar surface area (TPSA) is 90.4 Å². The highest BCUT2D eigenvalue weighted by atomic mass is 16.5. The summed E-state index contributed by atoms with van der Waals surface area (Å²) in [6, 6.07) is 17.5. The van der Waals surface area contributed by atoms with Crippen molar-refractivity contribution in [1.29, 1.82) is 0 Å². The summed E-state index contributed by atoms with van der Waals surface area (Å²) in [7, 11) is 0. The molecule has 0 radical (unpaired) electrons. The molecule has 2 fully saturated rings. The van der Waals surface area contributed by atoms with Crippen molar-refractivity contribution in [2.75, 3.05) is 24.6 Å². The van der Waals surface area contributed by atoms with Crippen LogP contribution in [0.4, 0.5) is 5.69 Å². The van der Waals surface area contributed by atoms with Crippen molar-refractivity contribution >= 4 is 23.4 Å². The fourth-order valence-electron chi connectivity index (χ4n) is 7.09. The molecule has 208 valence electrons. The summed E-state index contributed by atoms with van der Waals surface area (Å²) in [4.78, 5) is 48.2. The van der Waals surface area contributed by atoms with Gasteiger partial charge < -0.3 is 24.5 Å². The molecular formula is C32H35N3O5. The lowest BCUT2D eigenvalue weighted by molar-refractivity contribution is -0.155. The van der Waals surface area contributed by atoms with E-state index in [4.69, 9.17) is 4.74 Å². The molecule has 0 aliphatic carbocycles. The maximum Gasteiger partial charge on any atom is 0.249 e. The highest BCUT2D eigenvalue weighted by molar-refractivity contribution is 6.04. The molecule has 1 unspecified atom stereocenters. The smallest absolute Gasteiger partial charge is 0.249 e. The average Bonchev–Trinajstić information content (AvgIpc) is 3.28. The van der Waals surface area contributed by atoms with Crippen LogP contribution in [0.5, 0.6) is 0 Å². The zero-order valence-corrected chi connectivity index (χ0v) is 22.8. The number of nitrogens with zero attached hydrogens (tertiary/aromatic N) is 3. The number of fused-ring (bicyclic) bond motifs is 2. The Bertz CT molecular complexity index is 1360. The molecule has 2 saturated heterocycles. The third-order valence-corrected chi connectivity index (χ3v) is 8.98. The number of anilines is 1. The Morgan fingerprint density at radius 3 is 2.25 bits per heavy atom. The van der Waals surface area contributed by atoms with E-state index in [9.17, 15) is 19.5 Å². The number of likely N-dealkylation sites (tertiary alicyclic amines) is 1. The molecule has 40 heavy (non-hydrogen) atoms. The maximum atomic E-state index is 14.4. The van der Waals surface area contributed by atoms with Gasteiger partial charge in [0.1, 0.15) is 11.6 Å². The first-order valence-corrected chi connectivity index (χ1v) is 14.0. The normalized spacial score (nSPS) is 32.0. The van der Waals surface area contributed by atoms with Gasteiger partial charge in [0, 0.05) is 25.3 Å². The van der Waals surface area contributed by atoms with Gasteiger partial charge in [0.25, 0.3) is 0 Å². The monoisotopic (exact) mass is 541 g/mol. The minimum absolute atomic E-state index is 0.197. The van der Waals surface area contributed by atoms with E-state index in [1.54, 1.807) is 16.7 Å². The van der Waals surface area contributed by atoms with Gasteiger partial charge in [-0.3, -0.25) is 14.4 Å². The van der Waals surface area contributed by atoms with Gasteiger partial charge >= 0.3 is 0 Å². The van der Waals surface area contributed by atoms with Gasteiger partial charge in [0.05, 0.1) is 30.1 Å². The third-order valence-electron chi connectivity index (χ3n) is 8.98. The maximum absolute atomic E-state index is 14.4. The molecule has 4 aliphatic heterocycles. The van der Waals surface area contributed by atoms with Crippen molar-refractivity contribution in [3.05, 3.63) is 90.5 Å². The summed E-state index contributed by atoms with van der Waals surface area (Å²) in [6.07, 6.45) is 8.08. The number of ether oxygens (including phenoxy) is 1. The summed E-state index contributed by atoms with van der Waals surface area (Å²) in [5, 5.41) is 10.2. The Balaban J connectivity index is 1.47. The van der Waals surface area contributed by atoms with E-state index < -0.39 is 35.1 Å². The van der Waals surface area contributed by atoms with Crippen LogP contribution in [0, 0.1) is 11.8 Å². The molecule has 6 atom stereocenters. The number of hydrogen-bond donors (Lipinski definition) is 1. The number of aliphatic hydroxyl groups excluding tert-OH is 1. The van der Waals surface area contributed by atoms with Gasteiger partial charge in [0.2, 0.25) is 17.7 Å². The van der Waals surface area contributed by atoms with E-state index in [1.165, 1.54) is 4.90 Å². The summed E-state index contributed by atoms with van der Waals surface area (Å²) in [5.41, 5.74) is -0.674. The Labute approximate surface area is 234 Å². The Morgan fingerprint density at radius 2 is 1.57 bits per heavy atom. The molecule has 1 N–H and O–H groups in total. The van der Waals surface area contributed by atoms with Gasteiger partial charge in [-0.25, -0.2) is 0 Å². The Kier molecular flexibility index (Phi) is 6.63. The molecule has 8 nitrogen and oxygen atoms in total. The largest absolute Gasteiger partial charge is 0.394 e. The molecular weight excluding hydrogens is 506 g/mol. The van der Waals surface area contributed by atoms with Crippen LogP contribution in [0.1, 0.15) is 25.8 Å². The molecule has 0 aromatic heterocycles. The fourth-order valence-corrected chi connectivity index (χ4v) is 7.09. The van der Waals surface area contributed by atoms with Crippen molar-refractivity contribution < 1.29 is 24.2 Å². The second-order valence-electron chi connectivity index (χ2n) is 11.2. The Morgan fingerprint density at radius 1 is 0.900 bits per heavy atom. The van der Waals surface area contributed by atoms with Gasteiger partial charge in [-0.15, -0.1) is 0 Å².